The van der Waals surface area contributed by atoms with Crippen molar-refractivity contribution in [2.45, 2.75) is 20.4 Å². The van der Waals surface area contributed by atoms with Gasteiger partial charge in [0.05, 0.1) is 11.4 Å². The molecule has 2 aromatic heterocycles. The minimum absolute atomic E-state index is 0.675. The van der Waals surface area contributed by atoms with Gasteiger partial charge in [-0.2, -0.15) is 5.10 Å². The summed E-state index contributed by atoms with van der Waals surface area (Å²) in [7, 11) is 0. The van der Waals surface area contributed by atoms with Gasteiger partial charge in [0, 0.05) is 23.4 Å². The van der Waals surface area contributed by atoms with Gasteiger partial charge in [0.15, 0.2) is 0 Å². The third-order valence-electron chi connectivity index (χ3n) is 4.30. The van der Waals surface area contributed by atoms with Crippen molar-refractivity contribution in [3.05, 3.63) is 77.6 Å². The Kier molecular flexibility index (Phi) is 4.50. The molecule has 0 spiro atoms. The highest BCUT2D eigenvalue weighted by atomic mass is 32.1. The number of aryl methyl sites for hydroxylation is 1. The van der Waals surface area contributed by atoms with Crippen LogP contribution in [0, 0.1) is 13.8 Å². The minimum atomic E-state index is 0.675. The van der Waals surface area contributed by atoms with Crippen molar-refractivity contribution >= 4 is 16.5 Å². The molecule has 0 aliphatic carbocycles. The topological polar surface area (TPSA) is 55.6 Å². The maximum absolute atomic E-state index is 4.69. The number of para-hydroxylation sites is 1. The van der Waals surface area contributed by atoms with Gasteiger partial charge in [0.2, 0.25) is 5.13 Å². The summed E-state index contributed by atoms with van der Waals surface area (Å²) in [4.78, 5) is 0. The van der Waals surface area contributed by atoms with Crippen LogP contribution in [0.2, 0.25) is 0 Å². The average Bonchev–Trinajstić information content (AvgIpc) is 3.26. The largest absolute Gasteiger partial charge is 0.356 e. The van der Waals surface area contributed by atoms with Crippen LogP contribution in [0.3, 0.4) is 0 Å². The highest BCUT2D eigenvalue weighted by Gasteiger charge is 2.13. The number of aromatic nitrogens is 4. The van der Waals surface area contributed by atoms with Gasteiger partial charge in [0.1, 0.15) is 5.01 Å². The van der Waals surface area contributed by atoms with Crippen molar-refractivity contribution in [3.63, 3.8) is 0 Å². The van der Waals surface area contributed by atoms with Gasteiger partial charge in [-0.15, -0.1) is 10.2 Å². The lowest BCUT2D eigenvalue weighted by atomic mass is 10.2. The first-order valence-corrected chi connectivity index (χ1v) is 9.27. The van der Waals surface area contributed by atoms with E-state index in [4.69, 9.17) is 0 Å². The van der Waals surface area contributed by atoms with Gasteiger partial charge in [-0.1, -0.05) is 59.9 Å². The van der Waals surface area contributed by atoms with E-state index < -0.39 is 0 Å². The van der Waals surface area contributed by atoms with E-state index in [9.17, 15) is 0 Å². The number of rotatable bonds is 5. The number of nitrogens with one attached hydrogen (secondary N) is 1. The molecule has 6 heteroatoms. The van der Waals surface area contributed by atoms with Crippen LogP contribution in [-0.4, -0.2) is 20.0 Å². The number of hydrogen-bond donors (Lipinski definition) is 1. The number of nitrogens with zero attached hydrogens (tertiary/aromatic N) is 4. The average molecular weight is 361 g/mol. The van der Waals surface area contributed by atoms with Crippen LogP contribution in [-0.2, 0) is 6.54 Å². The molecule has 0 aliphatic heterocycles. The van der Waals surface area contributed by atoms with E-state index in [1.54, 1.807) is 11.3 Å². The molecular weight excluding hydrogens is 342 g/mol. The van der Waals surface area contributed by atoms with E-state index in [0.29, 0.717) is 6.54 Å². The second-order valence-corrected chi connectivity index (χ2v) is 7.01. The summed E-state index contributed by atoms with van der Waals surface area (Å²) >= 11 is 1.56. The number of benzene rings is 2. The highest BCUT2D eigenvalue weighted by molar-refractivity contribution is 7.18. The fourth-order valence-corrected chi connectivity index (χ4v) is 3.65. The Labute approximate surface area is 156 Å². The van der Waals surface area contributed by atoms with Gasteiger partial charge in [0.25, 0.3) is 0 Å². The van der Waals surface area contributed by atoms with Crippen molar-refractivity contribution in [3.8, 4) is 16.3 Å². The van der Waals surface area contributed by atoms with Gasteiger partial charge >= 0.3 is 0 Å². The number of anilines is 1. The maximum Gasteiger partial charge on any atom is 0.206 e. The molecule has 0 bridgehead atoms. The molecule has 0 fully saturated rings. The minimum Gasteiger partial charge on any atom is -0.356 e. The van der Waals surface area contributed by atoms with Gasteiger partial charge in [-0.05, 0) is 26.0 Å². The first kappa shape index (κ1) is 16.5. The Hall–Kier alpha value is -2.99. The van der Waals surface area contributed by atoms with Gasteiger partial charge in [-0.25, -0.2) is 4.68 Å². The van der Waals surface area contributed by atoms with E-state index in [1.807, 2.05) is 60.1 Å². The predicted molar refractivity (Wildman–Crippen MR) is 106 cm³/mol. The van der Waals surface area contributed by atoms with Crippen LogP contribution in [0.5, 0.6) is 0 Å². The van der Waals surface area contributed by atoms with Crippen molar-refractivity contribution in [2.24, 2.45) is 0 Å². The fourth-order valence-electron chi connectivity index (χ4n) is 2.91. The zero-order valence-electron chi connectivity index (χ0n) is 14.7. The first-order chi connectivity index (χ1) is 12.7. The van der Waals surface area contributed by atoms with Crippen LogP contribution < -0.4 is 5.32 Å². The Morgan fingerprint density at radius 1 is 0.923 bits per heavy atom. The molecule has 130 valence electrons. The second-order valence-electron chi connectivity index (χ2n) is 6.03. The van der Waals surface area contributed by atoms with Crippen LogP contribution in [0.15, 0.2) is 60.7 Å². The molecule has 4 rings (SSSR count). The predicted octanol–water partition coefficient (Wildman–Crippen LogP) is 4.62. The van der Waals surface area contributed by atoms with Crippen LogP contribution >= 0.6 is 11.3 Å². The molecule has 4 aromatic rings. The lowest BCUT2D eigenvalue weighted by molar-refractivity contribution is 0.832. The summed E-state index contributed by atoms with van der Waals surface area (Å²) in [6.07, 6.45) is 0. The Bertz CT molecular complexity index is 1010. The summed E-state index contributed by atoms with van der Waals surface area (Å²) < 4.78 is 1.99. The molecule has 2 aromatic carbocycles. The van der Waals surface area contributed by atoms with E-state index in [-0.39, 0.29) is 0 Å². The molecule has 0 saturated heterocycles. The maximum atomic E-state index is 4.69. The second kappa shape index (κ2) is 7.09. The summed E-state index contributed by atoms with van der Waals surface area (Å²) in [6, 6.07) is 20.3. The number of hydrogen-bond acceptors (Lipinski definition) is 5. The summed E-state index contributed by atoms with van der Waals surface area (Å²) in [5, 5.41) is 18.4. The monoisotopic (exact) mass is 361 g/mol. The molecule has 26 heavy (non-hydrogen) atoms. The molecule has 0 unspecified atom stereocenters. The molecule has 0 saturated carbocycles. The van der Waals surface area contributed by atoms with Crippen molar-refractivity contribution < 1.29 is 0 Å². The molecule has 0 aliphatic rings. The zero-order valence-corrected chi connectivity index (χ0v) is 15.5. The molecule has 1 N–H and O–H groups in total. The van der Waals surface area contributed by atoms with E-state index in [2.05, 4.69) is 39.7 Å². The Morgan fingerprint density at radius 2 is 1.62 bits per heavy atom. The molecular formula is C20H19N5S. The molecule has 5 nitrogen and oxygen atoms in total. The van der Waals surface area contributed by atoms with E-state index in [1.165, 1.54) is 5.56 Å². The first-order valence-electron chi connectivity index (χ1n) is 8.45. The fraction of sp³-hybridized carbons (Fsp3) is 0.150. The van der Waals surface area contributed by atoms with E-state index in [0.717, 1.165) is 32.8 Å². The van der Waals surface area contributed by atoms with E-state index >= 15 is 0 Å². The zero-order chi connectivity index (χ0) is 17.9. The van der Waals surface area contributed by atoms with Gasteiger partial charge in [-0.3, -0.25) is 0 Å². The molecule has 0 amide bonds. The summed E-state index contributed by atoms with van der Waals surface area (Å²) in [5.74, 6) is 0. The van der Waals surface area contributed by atoms with Crippen LogP contribution in [0.4, 0.5) is 5.13 Å². The summed E-state index contributed by atoms with van der Waals surface area (Å²) in [5.41, 5.74) is 5.50. The Balaban J connectivity index is 1.52. The third kappa shape index (κ3) is 3.23. The third-order valence-corrected chi connectivity index (χ3v) is 5.23. The van der Waals surface area contributed by atoms with Crippen molar-refractivity contribution in [1.82, 2.24) is 20.0 Å². The lowest BCUT2D eigenvalue weighted by Crippen LogP contribution is -2.03. The normalized spacial score (nSPS) is 10.8. The molecule has 0 atom stereocenters. The molecule has 0 radical (unpaired) electrons. The smallest absolute Gasteiger partial charge is 0.206 e. The quantitative estimate of drug-likeness (QED) is 0.563. The Morgan fingerprint density at radius 3 is 2.35 bits per heavy atom. The summed E-state index contributed by atoms with van der Waals surface area (Å²) in [6.45, 7) is 4.81. The van der Waals surface area contributed by atoms with Crippen molar-refractivity contribution in [1.29, 1.82) is 0 Å². The molecule has 2 heterocycles. The van der Waals surface area contributed by atoms with Crippen LogP contribution in [0.1, 0.15) is 17.0 Å². The van der Waals surface area contributed by atoms with Gasteiger partial charge < -0.3 is 5.32 Å². The van der Waals surface area contributed by atoms with Crippen molar-refractivity contribution in [2.75, 3.05) is 5.32 Å². The van der Waals surface area contributed by atoms with Crippen LogP contribution in [0.25, 0.3) is 16.3 Å². The highest BCUT2D eigenvalue weighted by Crippen LogP contribution is 2.27. The lowest BCUT2D eigenvalue weighted by Gasteiger charge is -2.05. The SMILES string of the molecule is Cc1nn(-c2ccccc2)c(C)c1CNc1nnc(-c2ccccc2)s1. The standard InChI is InChI=1S/C20H19N5S/c1-14-18(15(2)25(24-14)17-11-7-4-8-12-17)13-21-20-23-22-19(26-20)16-9-5-3-6-10-16/h3-12H,13H2,1-2H3,(H,21,23).